The molecule has 57 heavy (non-hydrogen) atoms. The summed E-state index contributed by atoms with van der Waals surface area (Å²) in [6.45, 7) is 17.2. The van der Waals surface area contributed by atoms with E-state index in [4.69, 9.17) is 19.2 Å². The Hall–Kier alpha value is -3.89. The van der Waals surface area contributed by atoms with Gasteiger partial charge in [-0.25, -0.2) is 13.2 Å². The predicted octanol–water partition coefficient (Wildman–Crippen LogP) is 9.59. The fourth-order valence-corrected chi connectivity index (χ4v) is 15.5. The quantitative estimate of drug-likeness (QED) is 0.0913. The van der Waals surface area contributed by atoms with E-state index in [9.17, 15) is 9.50 Å². The van der Waals surface area contributed by atoms with Gasteiger partial charge in [0.05, 0.1) is 16.7 Å². The highest BCUT2D eigenvalue weighted by molar-refractivity contribution is 6.90. The van der Waals surface area contributed by atoms with Crippen LogP contribution in [0.1, 0.15) is 86.1 Å². The molecule has 12 heteroatoms. The third kappa shape index (κ3) is 7.73. The molecular weight excluding hydrogens is 746 g/mol. The fraction of sp³-hybridized carbons (Fsp3) is 0.556. The molecule has 3 aromatic carbocycles. The van der Waals surface area contributed by atoms with E-state index in [-0.39, 0.29) is 53.8 Å². The minimum Gasteiger partial charge on any atom is -0.468 e. The molecule has 1 aromatic heterocycles. The van der Waals surface area contributed by atoms with Gasteiger partial charge < -0.3 is 24.2 Å². The minimum atomic E-state index is -2.18. The SMILES string of the molecule is COCOc1cc(-c2c(F)cc3c(N4CCC[C@@](C)(O)C4)nc(OC[C@@]45CCCN4C[C@H](F)C5)nc3c2F)c2c(C#C[Si](C(C)C)(C(C)C)C(C)C)cccc2c1. The molecule has 3 fully saturated rings. The number of anilines is 1. The third-order valence-corrected chi connectivity index (χ3v) is 19.2. The fourth-order valence-electron chi connectivity index (χ4n) is 10.3. The van der Waals surface area contributed by atoms with E-state index in [1.54, 1.807) is 13.0 Å². The summed E-state index contributed by atoms with van der Waals surface area (Å²) in [5, 5.41) is 12.6. The largest absolute Gasteiger partial charge is 0.468 e. The highest BCUT2D eigenvalue weighted by atomic mass is 28.3. The number of halogens is 3. The Bertz CT molecular complexity index is 2180. The standard InChI is InChI=1S/C45H57F3N4O4Si/c1-28(2)57(29(3)4,30(5)6)19-14-31-12-9-13-32-20-34(56-27-54-8)21-35(38(31)32)39-37(47)22-36-41(40(39)48)49-43(50-42(36)51-17-10-15-44(7,53)25-51)55-26-45-16-11-18-52(45)24-33(46)23-45/h9,12-13,20-22,28-30,33,53H,10-11,15-18,23-27H2,1-8H3/t33-,44-,45+/m1/s1. The molecular formula is C45H57F3N4O4Si. The van der Waals surface area contributed by atoms with Crippen LogP contribution in [-0.2, 0) is 4.74 Å². The number of hydrogen-bond donors (Lipinski definition) is 1. The normalized spacial score (nSPS) is 22.9. The maximum absolute atomic E-state index is 17.6. The van der Waals surface area contributed by atoms with Crippen molar-refractivity contribution in [2.75, 3.05) is 51.6 Å². The summed E-state index contributed by atoms with van der Waals surface area (Å²) in [6, 6.07) is 10.4. The summed E-state index contributed by atoms with van der Waals surface area (Å²) in [5.74, 6) is 2.53. The molecule has 3 aliphatic heterocycles. The number of benzene rings is 3. The number of rotatable bonds is 11. The van der Waals surface area contributed by atoms with E-state index in [2.05, 4.69) is 62.9 Å². The Morgan fingerprint density at radius 2 is 1.72 bits per heavy atom. The molecule has 0 amide bonds. The van der Waals surface area contributed by atoms with Gasteiger partial charge in [-0.1, -0.05) is 59.6 Å². The number of aliphatic hydroxyl groups is 1. The Morgan fingerprint density at radius 3 is 2.42 bits per heavy atom. The second kappa shape index (κ2) is 16.0. The average Bonchev–Trinajstić information content (AvgIpc) is 3.68. The molecule has 0 spiro atoms. The first-order chi connectivity index (χ1) is 27.1. The minimum absolute atomic E-state index is 0.0582. The van der Waals surface area contributed by atoms with Crippen LogP contribution in [0, 0.1) is 23.1 Å². The highest BCUT2D eigenvalue weighted by Crippen LogP contribution is 2.45. The van der Waals surface area contributed by atoms with Crippen molar-refractivity contribution >= 4 is 35.6 Å². The predicted molar refractivity (Wildman–Crippen MR) is 223 cm³/mol. The van der Waals surface area contributed by atoms with Gasteiger partial charge in [0.25, 0.3) is 0 Å². The van der Waals surface area contributed by atoms with Crippen LogP contribution in [0.25, 0.3) is 32.8 Å². The van der Waals surface area contributed by atoms with E-state index in [0.29, 0.717) is 71.1 Å². The van der Waals surface area contributed by atoms with Crippen LogP contribution in [-0.4, -0.2) is 92.0 Å². The van der Waals surface area contributed by atoms with Crippen molar-refractivity contribution in [3.8, 4) is 34.4 Å². The zero-order valence-electron chi connectivity index (χ0n) is 34.6. The Labute approximate surface area is 336 Å². The van der Waals surface area contributed by atoms with Crippen LogP contribution in [0.5, 0.6) is 11.8 Å². The van der Waals surface area contributed by atoms with Crippen LogP contribution in [0.2, 0.25) is 16.6 Å². The molecule has 8 nitrogen and oxygen atoms in total. The number of hydrogen-bond acceptors (Lipinski definition) is 8. The van der Waals surface area contributed by atoms with Crippen LogP contribution < -0.4 is 14.4 Å². The van der Waals surface area contributed by atoms with Gasteiger partial charge in [-0.05, 0) is 85.4 Å². The van der Waals surface area contributed by atoms with Gasteiger partial charge in [-0.15, -0.1) is 5.54 Å². The highest BCUT2D eigenvalue weighted by Gasteiger charge is 2.49. The third-order valence-electron chi connectivity index (χ3n) is 12.9. The zero-order chi connectivity index (χ0) is 40.9. The molecule has 4 heterocycles. The van der Waals surface area contributed by atoms with E-state index in [0.717, 1.165) is 19.4 Å². The van der Waals surface area contributed by atoms with E-state index >= 15 is 8.78 Å². The number of piperidine rings is 1. The van der Waals surface area contributed by atoms with Crippen LogP contribution >= 0.6 is 0 Å². The van der Waals surface area contributed by atoms with E-state index in [1.807, 2.05) is 29.2 Å². The second-order valence-corrected chi connectivity index (χ2v) is 23.3. The summed E-state index contributed by atoms with van der Waals surface area (Å²) in [7, 11) is -0.667. The lowest BCUT2D eigenvalue weighted by molar-refractivity contribution is 0.0447. The molecule has 3 saturated heterocycles. The first-order valence-electron chi connectivity index (χ1n) is 20.5. The number of aromatic nitrogens is 2. The van der Waals surface area contributed by atoms with Gasteiger partial charge in [0, 0.05) is 55.1 Å². The number of methoxy groups -OCH3 is 1. The number of β-amino-alcohol motifs (C(OH)–C–C–N with tert-alkyl or cyclic N) is 1. The van der Waals surface area contributed by atoms with Crippen LogP contribution in [0.3, 0.4) is 0 Å². The molecule has 0 bridgehead atoms. The Balaban J connectivity index is 1.44. The number of alkyl halides is 1. The Kier molecular flexibility index (Phi) is 11.6. The summed E-state index contributed by atoms with van der Waals surface area (Å²) >= 11 is 0. The molecule has 3 atom stereocenters. The first-order valence-corrected chi connectivity index (χ1v) is 22.7. The number of ether oxygens (including phenoxy) is 3. The Morgan fingerprint density at radius 1 is 0.982 bits per heavy atom. The van der Waals surface area contributed by atoms with Crippen molar-refractivity contribution in [2.45, 2.75) is 115 Å². The average molecular weight is 803 g/mol. The molecule has 7 rings (SSSR count). The van der Waals surface area contributed by atoms with Crippen LogP contribution in [0.15, 0.2) is 36.4 Å². The summed E-state index contributed by atoms with van der Waals surface area (Å²) in [4.78, 5) is 13.4. The van der Waals surface area contributed by atoms with Crippen LogP contribution in [0.4, 0.5) is 19.0 Å². The van der Waals surface area contributed by atoms with Gasteiger partial charge in [0.2, 0.25) is 0 Å². The molecule has 0 radical (unpaired) electrons. The number of nitrogens with zero attached hydrogens (tertiary/aromatic N) is 4. The zero-order valence-corrected chi connectivity index (χ0v) is 35.6. The van der Waals surface area contributed by atoms with Crippen molar-refractivity contribution in [3.05, 3.63) is 53.6 Å². The summed E-state index contributed by atoms with van der Waals surface area (Å²) in [6.07, 6.45) is 2.35. The molecule has 0 unspecified atom stereocenters. The monoisotopic (exact) mass is 802 g/mol. The van der Waals surface area contributed by atoms with Crippen molar-refractivity contribution in [2.24, 2.45) is 0 Å². The molecule has 3 aliphatic rings. The maximum atomic E-state index is 17.6. The number of fused-ring (bicyclic) bond motifs is 3. The van der Waals surface area contributed by atoms with Crippen molar-refractivity contribution < 1.29 is 32.5 Å². The smallest absolute Gasteiger partial charge is 0.319 e. The summed E-state index contributed by atoms with van der Waals surface area (Å²) in [5.41, 5.74) is 4.01. The van der Waals surface area contributed by atoms with Gasteiger partial charge in [-0.2, -0.15) is 9.97 Å². The van der Waals surface area contributed by atoms with Crippen molar-refractivity contribution in [3.63, 3.8) is 0 Å². The lowest BCUT2D eigenvalue weighted by Gasteiger charge is -2.38. The molecule has 0 aliphatic carbocycles. The van der Waals surface area contributed by atoms with Gasteiger partial charge in [0.15, 0.2) is 12.6 Å². The molecule has 306 valence electrons. The van der Waals surface area contributed by atoms with Crippen molar-refractivity contribution in [1.82, 2.24) is 14.9 Å². The van der Waals surface area contributed by atoms with Gasteiger partial charge >= 0.3 is 6.01 Å². The topological polar surface area (TPSA) is 80.2 Å². The van der Waals surface area contributed by atoms with Crippen molar-refractivity contribution in [1.29, 1.82) is 0 Å². The molecule has 0 saturated carbocycles. The lowest BCUT2D eigenvalue weighted by Crippen LogP contribution is -2.46. The van der Waals surface area contributed by atoms with E-state index in [1.165, 1.54) is 13.2 Å². The lowest BCUT2D eigenvalue weighted by atomic mass is 9.92. The van der Waals surface area contributed by atoms with Gasteiger partial charge in [-0.3, -0.25) is 4.90 Å². The van der Waals surface area contributed by atoms with Gasteiger partial charge in [0.1, 0.15) is 43.8 Å². The summed E-state index contributed by atoms with van der Waals surface area (Å²) < 4.78 is 66.7. The second-order valence-electron chi connectivity index (χ2n) is 17.7. The van der Waals surface area contributed by atoms with E-state index < -0.39 is 37.0 Å². The molecule has 1 N–H and O–H groups in total. The maximum Gasteiger partial charge on any atom is 0.319 e. The molecule has 4 aromatic rings. The first kappa shape index (κ1) is 41.3.